The Balaban J connectivity index is 2.01. The highest BCUT2D eigenvalue weighted by molar-refractivity contribution is 5.78. The van der Waals surface area contributed by atoms with Crippen LogP contribution >= 0.6 is 0 Å². The number of nitrogens with zero attached hydrogens (tertiary/aromatic N) is 5. The molecule has 0 saturated heterocycles. The highest BCUT2D eigenvalue weighted by Gasteiger charge is 2.41. The fraction of sp³-hybridized carbons (Fsp3) is 0.235. The number of nitrogen functional groups attached to an aromatic ring is 1. The number of hydrogen-bond donors (Lipinski definition) is 2. The standard InChI is InChI=1S/C17H15F3N6O3/c18-17(19,20)12(5-7-27)13-2-1-3-14(24-13)25-9-10(8-23-25)11-4-6-22-16(21)15(11)26(28)29/h1-4,6,8-9,12,27H,5,7H2,(H2,21,22). The molecule has 152 valence electrons. The van der Waals surface area contributed by atoms with Gasteiger partial charge in [0.15, 0.2) is 5.82 Å². The molecule has 0 bridgehead atoms. The van der Waals surface area contributed by atoms with Gasteiger partial charge in [-0.3, -0.25) is 10.1 Å². The van der Waals surface area contributed by atoms with Crippen LogP contribution in [0.3, 0.4) is 0 Å². The van der Waals surface area contributed by atoms with Crippen molar-refractivity contribution in [3.8, 4) is 16.9 Å². The van der Waals surface area contributed by atoms with Gasteiger partial charge in [-0.1, -0.05) is 6.07 Å². The van der Waals surface area contributed by atoms with E-state index in [1.807, 2.05) is 0 Å². The second-order valence-electron chi connectivity index (χ2n) is 6.05. The molecule has 0 aliphatic heterocycles. The van der Waals surface area contributed by atoms with E-state index in [-0.39, 0.29) is 22.9 Å². The van der Waals surface area contributed by atoms with Crippen molar-refractivity contribution in [1.29, 1.82) is 0 Å². The Labute approximate surface area is 161 Å². The summed E-state index contributed by atoms with van der Waals surface area (Å²) in [6.07, 6.45) is -1.09. The second kappa shape index (κ2) is 7.83. The van der Waals surface area contributed by atoms with Crippen molar-refractivity contribution in [3.05, 3.63) is 58.7 Å². The third-order valence-electron chi connectivity index (χ3n) is 4.19. The van der Waals surface area contributed by atoms with Crippen LogP contribution in [-0.2, 0) is 0 Å². The van der Waals surface area contributed by atoms with E-state index in [2.05, 4.69) is 15.1 Å². The van der Waals surface area contributed by atoms with Gasteiger partial charge in [-0.15, -0.1) is 0 Å². The van der Waals surface area contributed by atoms with Gasteiger partial charge in [-0.25, -0.2) is 14.6 Å². The summed E-state index contributed by atoms with van der Waals surface area (Å²) in [5, 5.41) is 24.3. The average molecular weight is 408 g/mol. The van der Waals surface area contributed by atoms with Gasteiger partial charge in [-0.05, 0) is 24.6 Å². The first kappa shape index (κ1) is 20.2. The third-order valence-corrected chi connectivity index (χ3v) is 4.19. The lowest BCUT2D eigenvalue weighted by molar-refractivity contribution is -0.383. The average Bonchev–Trinajstić information content (AvgIpc) is 3.15. The fourth-order valence-corrected chi connectivity index (χ4v) is 2.85. The number of alkyl halides is 3. The van der Waals surface area contributed by atoms with E-state index in [9.17, 15) is 23.3 Å². The van der Waals surface area contributed by atoms with E-state index in [4.69, 9.17) is 10.8 Å². The van der Waals surface area contributed by atoms with Gasteiger partial charge in [0, 0.05) is 24.6 Å². The van der Waals surface area contributed by atoms with Crippen molar-refractivity contribution >= 4 is 11.5 Å². The number of nitro groups is 1. The number of rotatable bonds is 6. The first-order valence-electron chi connectivity index (χ1n) is 8.31. The lowest BCUT2D eigenvalue weighted by atomic mass is 10.0. The molecule has 3 aromatic rings. The molecule has 0 saturated carbocycles. The van der Waals surface area contributed by atoms with Gasteiger partial charge >= 0.3 is 11.9 Å². The molecule has 0 amide bonds. The highest BCUT2D eigenvalue weighted by atomic mass is 19.4. The summed E-state index contributed by atoms with van der Waals surface area (Å²) < 4.78 is 41.0. The molecule has 3 heterocycles. The molecule has 0 radical (unpaired) electrons. The van der Waals surface area contributed by atoms with Gasteiger partial charge in [0.25, 0.3) is 0 Å². The molecule has 29 heavy (non-hydrogen) atoms. The number of hydrogen-bond acceptors (Lipinski definition) is 7. The van der Waals surface area contributed by atoms with Crippen LogP contribution in [-0.4, -0.2) is 42.6 Å². The Bertz CT molecular complexity index is 1040. The zero-order valence-corrected chi connectivity index (χ0v) is 14.7. The van der Waals surface area contributed by atoms with Crippen LogP contribution in [0.15, 0.2) is 42.9 Å². The zero-order valence-electron chi connectivity index (χ0n) is 14.7. The van der Waals surface area contributed by atoms with E-state index >= 15 is 0 Å². The van der Waals surface area contributed by atoms with Crippen LogP contribution in [0.1, 0.15) is 18.0 Å². The van der Waals surface area contributed by atoms with Crippen LogP contribution in [0.4, 0.5) is 24.7 Å². The summed E-state index contributed by atoms with van der Waals surface area (Å²) in [6.45, 7) is -0.644. The maximum absolute atomic E-state index is 13.3. The quantitative estimate of drug-likeness (QED) is 0.473. The lowest BCUT2D eigenvalue weighted by Gasteiger charge is -2.19. The summed E-state index contributed by atoms with van der Waals surface area (Å²) in [5.41, 5.74) is 5.41. The molecular formula is C17H15F3N6O3. The molecule has 0 aromatic carbocycles. The van der Waals surface area contributed by atoms with Gasteiger partial charge in [0.05, 0.1) is 28.3 Å². The maximum Gasteiger partial charge on any atom is 0.397 e. The summed E-state index contributed by atoms with van der Waals surface area (Å²) in [6, 6.07) is 5.45. The number of nitrogens with two attached hydrogens (primary N) is 1. The Morgan fingerprint density at radius 2 is 2.07 bits per heavy atom. The molecule has 9 nitrogen and oxygen atoms in total. The van der Waals surface area contributed by atoms with Crippen LogP contribution in [0, 0.1) is 10.1 Å². The molecule has 12 heteroatoms. The molecule has 3 aromatic heterocycles. The molecule has 1 unspecified atom stereocenters. The van der Waals surface area contributed by atoms with Crippen molar-refractivity contribution in [2.75, 3.05) is 12.3 Å². The van der Waals surface area contributed by atoms with Crippen LogP contribution in [0.5, 0.6) is 0 Å². The molecule has 0 aliphatic rings. The minimum atomic E-state index is -4.57. The van der Waals surface area contributed by atoms with Crippen molar-refractivity contribution in [3.63, 3.8) is 0 Å². The summed E-state index contributed by atoms with van der Waals surface area (Å²) >= 11 is 0. The van der Waals surface area contributed by atoms with Gasteiger partial charge < -0.3 is 10.8 Å². The lowest BCUT2D eigenvalue weighted by Crippen LogP contribution is -2.23. The van der Waals surface area contributed by atoms with Gasteiger partial charge in [0.2, 0.25) is 5.82 Å². The van der Waals surface area contributed by atoms with Gasteiger partial charge in [0.1, 0.15) is 0 Å². The van der Waals surface area contributed by atoms with E-state index in [1.165, 1.54) is 47.5 Å². The highest BCUT2D eigenvalue weighted by Crippen LogP contribution is 2.37. The number of aliphatic hydroxyl groups is 1. The van der Waals surface area contributed by atoms with E-state index in [0.717, 1.165) is 0 Å². The molecule has 0 aliphatic carbocycles. The van der Waals surface area contributed by atoms with Crippen molar-refractivity contribution in [1.82, 2.24) is 19.7 Å². The Morgan fingerprint density at radius 1 is 1.31 bits per heavy atom. The predicted octanol–water partition coefficient (Wildman–Crippen LogP) is 2.85. The topological polar surface area (TPSA) is 133 Å². The maximum atomic E-state index is 13.3. The predicted molar refractivity (Wildman–Crippen MR) is 96.2 cm³/mol. The number of aliphatic hydroxyl groups excluding tert-OH is 1. The van der Waals surface area contributed by atoms with Crippen LogP contribution in [0.2, 0.25) is 0 Å². The molecule has 0 fully saturated rings. The molecule has 0 spiro atoms. The van der Waals surface area contributed by atoms with Crippen LogP contribution in [0.25, 0.3) is 16.9 Å². The summed E-state index contributed by atoms with van der Waals surface area (Å²) in [4.78, 5) is 18.3. The Hall–Kier alpha value is -3.54. The number of aromatic nitrogens is 4. The smallest absolute Gasteiger partial charge is 0.396 e. The molecule has 3 rings (SSSR count). The summed E-state index contributed by atoms with van der Waals surface area (Å²) in [5.74, 6) is -2.11. The first-order valence-corrected chi connectivity index (χ1v) is 8.31. The number of pyridine rings is 2. The van der Waals surface area contributed by atoms with Crippen molar-refractivity contribution in [2.24, 2.45) is 0 Å². The van der Waals surface area contributed by atoms with Gasteiger partial charge in [-0.2, -0.15) is 18.3 Å². The monoisotopic (exact) mass is 408 g/mol. The molecule has 3 N–H and O–H groups in total. The van der Waals surface area contributed by atoms with E-state index in [0.29, 0.717) is 5.56 Å². The number of anilines is 1. The molecular weight excluding hydrogens is 393 g/mol. The fourth-order valence-electron chi connectivity index (χ4n) is 2.85. The van der Waals surface area contributed by atoms with E-state index in [1.54, 1.807) is 0 Å². The third kappa shape index (κ3) is 4.16. The SMILES string of the molecule is Nc1nccc(-c2cnn(-c3cccc(C(CCO)C(F)(F)F)n3)c2)c1[N+](=O)[O-]. The summed E-state index contributed by atoms with van der Waals surface area (Å²) in [7, 11) is 0. The minimum absolute atomic E-state index is 0.0885. The zero-order chi connectivity index (χ0) is 21.2. The number of halogens is 3. The Morgan fingerprint density at radius 3 is 2.72 bits per heavy atom. The first-order chi connectivity index (χ1) is 13.7. The molecule has 1 atom stereocenters. The van der Waals surface area contributed by atoms with Crippen molar-refractivity contribution in [2.45, 2.75) is 18.5 Å². The largest absolute Gasteiger partial charge is 0.397 e. The Kier molecular flexibility index (Phi) is 5.46. The van der Waals surface area contributed by atoms with Crippen molar-refractivity contribution < 1.29 is 23.2 Å². The minimum Gasteiger partial charge on any atom is -0.396 e. The second-order valence-corrected chi connectivity index (χ2v) is 6.05. The van der Waals surface area contributed by atoms with E-state index < -0.39 is 35.7 Å². The normalized spacial score (nSPS) is 12.7. The van der Waals surface area contributed by atoms with Crippen LogP contribution < -0.4 is 5.73 Å².